The third kappa shape index (κ3) is 1.10. The first-order valence-electron chi connectivity index (χ1n) is 4.92. The van der Waals surface area contributed by atoms with Crippen molar-refractivity contribution in [3.8, 4) is 0 Å². The Bertz CT molecular complexity index is 143. The number of hydrogen-bond donors (Lipinski definition) is 0. The van der Waals surface area contributed by atoms with Gasteiger partial charge in [-0.15, -0.1) is 0 Å². The maximum Gasteiger partial charge on any atom is 0.00128 e. The van der Waals surface area contributed by atoms with Gasteiger partial charge >= 0.3 is 0 Å². The molecule has 0 spiro atoms. The van der Waals surface area contributed by atoms with Crippen LogP contribution in [0.1, 0.15) is 20.3 Å². The molecule has 1 aliphatic heterocycles. The van der Waals surface area contributed by atoms with Crippen LogP contribution in [0.2, 0.25) is 0 Å². The Morgan fingerprint density at radius 3 is 2.36 bits per heavy atom. The molecule has 0 radical (unpaired) electrons. The van der Waals surface area contributed by atoms with Crippen molar-refractivity contribution in [3.63, 3.8) is 0 Å². The van der Waals surface area contributed by atoms with E-state index < -0.39 is 0 Å². The Morgan fingerprint density at radius 1 is 1.36 bits per heavy atom. The minimum Gasteiger partial charge on any atom is -0.306 e. The first-order chi connectivity index (χ1) is 5.24. The van der Waals surface area contributed by atoms with E-state index in [0.717, 1.165) is 23.7 Å². The molecular weight excluding hydrogens is 134 g/mol. The predicted molar refractivity (Wildman–Crippen MR) is 47.4 cm³/mol. The molecule has 1 saturated heterocycles. The van der Waals surface area contributed by atoms with Crippen molar-refractivity contribution >= 4 is 0 Å². The lowest BCUT2D eigenvalue weighted by Gasteiger charge is -2.16. The van der Waals surface area contributed by atoms with Gasteiger partial charge < -0.3 is 4.90 Å². The van der Waals surface area contributed by atoms with Crippen molar-refractivity contribution in [3.05, 3.63) is 0 Å². The highest BCUT2D eigenvalue weighted by Gasteiger charge is 2.55. The van der Waals surface area contributed by atoms with Crippen LogP contribution in [0.3, 0.4) is 0 Å². The molecule has 1 heteroatoms. The lowest BCUT2D eigenvalue weighted by molar-refractivity contribution is 0.306. The van der Waals surface area contributed by atoms with Crippen molar-refractivity contribution in [1.82, 2.24) is 4.90 Å². The smallest absolute Gasteiger partial charge is 0.00128 e. The van der Waals surface area contributed by atoms with E-state index in [9.17, 15) is 0 Å². The summed E-state index contributed by atoms with van der Waals surface area (Å²) in [5, 5.41) is 0. The number of nitrogens with zero attached hydrogens (tertiary/aromatic N) is 1. The number of fused-ring (bicyclic) bond motifs is 1. The van der Waals surface area contributed by atoms with E-state index in [4.69, 9.17) is 0 Å². The van der Waals surface area contributed by atoms with Crippen LogP contribution >= 0.6 is 0 Å². The summed E-state index contributed by atoms with van der Waals surface area (Å²) in [6.45, 7) is 7.49. The van der Waals surface area contributed by atoms with Gasteiger partial charge in [-0.05, 0) is 30.7 Å². The summed E-state index contributed by atoms with van der Waals surface area (Å²) in [4.78, 5) is 2.48. The molecule has 1 saturated carbocycles. The van der Waals surface area contributed by atoms with E-state index in [0.29, 0.717) is 0 Å². The number of rotatable bonds is 2. The molecule has 2 rings (SSSR count). The maximum atomic E-state index is 2.48. The van der Waals surface area contributed by atoms with Gasteiger partial charge in [-0.25, -0.2) is 0 Å². The first-order valence-corrected chi connectivity index (χ1v) is 4.92. The molecule has 0 N–H and O–H groups in total. The average molecular weight is 153 g/mol. The summed E-state index contributed by atoms with van der Waals surface area (Å²) >= 11 is 0. The van der Waals surface area contributed by atoms with Crippen molar-refractivity contribution in [1.29, 1.82) is 0 Å². The second kappa shape index (κ2) is 2.48. The van der Waals surface area contributed by atoms with Gasteiger partial charge in [-0.3, -0.25) is 0 Å². The van der Waals surface area contributed by atoms with Crippen molar-refractivity contribution in [2.45, 2.75) is 20.3 Å². The van der Waals surface area contributed by atoms with Gasteiger partial charge in [-0.1, -0.05) is 20.3 Å². The first kappa shape index (κ1) is 7.60. The fourth-order valence-corrected chi connectivity index (χ4v) is 2.90. The standard InChI is InChI=1S/C10H19N/c1-4-7(2)10-8-5-11(3)6-9(8)10/h7-10H,4-6H2,1-3H3/t7?,8-,9+,10?. The molecule has 1 nitrogen and oxygen atoms in total. The molecule has 2 fully saturated rings. The summed E-state index contributed by atoms with van der Waals surface area (Å²) in [5.41, 5.74) is 0. The molecule has 0 amide bonds. The average Bonchev–Trinajstić information content (AvgIpc) is 2.48. The summed E-state index contributed by atoms with van der Waals surface area (Å²) in [5.74, 6) is 4.24. The second-order valence-electron chi connectivity index (χ2n) is 4.51. The third-order valence-corrected chi connectivity index (χ3v) is 3.74. The fraction of sp³-hybridized carbons (Fsp3) is 1.00. The normalized spacial score (nSPS) is 45.5. The van der Waals surface area contributed by atoms with Gasteiger partial charge in [0.1, 0.15) is 0 Å². The number of likely N-dealkylation sites (tertiary alicyclic amines) is 1. The quantitative estimate of drug-likeness (QED) is 0.585. The molecule has 0 aromatic carbocycles. The summed E-state index contributed by atoms with van der Waals surface area (Å²) in [7, 11) is 2.25. The van der Waals surface area contributed by atoms with Crippen LogP contribution in [0.4, 0.5) is 0 Å². The third-order valence-electron chi connectivity index (χ3n) is 3.74. The van der Waals surface area contributed by atoms with Crippen LogP contribution in [0, 0.1) is 23.7 Å². The van der Waals surface area contributed by atoms with E-state index in [1.54, 1.807) is 0 Å². The molecule has 4 atom stereocenters. The molecule has 64 valence electrons. The van der Waals surface area contributed by atoms with E-state index in [1.807, 2.05) is 0 Å². The molecule has 2 aliphatic rings. The van der Waals surface area contributed by atoms with Crippen LogP contribution in [-0.2, 0) is 0 Å². The fourth-order valence-electron chi connectivity index (χ4n) is 2.90. The largest absolute Gasteiger partial charge is 0.306 e. The Kier molecular flexibility index (Phi) is 1.71. The van der Waals surface area contributed by atoms with Crippen LogP contribution in [0.5, 0.6) is 0 Å². The molecule has 0 aromatic rings. The van der Waals surface area contributed by atoms with E-state index >= 15 is 0 Å². The maximum absolute atomic E-state index is 2.48. The molecule has 2 unspecified atom stereocenters. The van der Waals surface area contributed by atoms with Gasteiger partial charge in [0, 0.05) is 13.1 Å². The monoisotopic (exact) mass is 153 g/mol. The van der Waals surface area contributed by atoms with Gasteiger partial charge in [0.2, 0.25) is 0 Å². The van der Waals surface area contributed by atoms with E-state index in [-0.39, 0.29) is 0 Å². The highest BCUT2D eigenvalue weighted by molar-refractivity contribution is 5.05. The second-order valence-corrected chi connectivity index (χ2v) is 4.51. The minimum atomic E-state index is 0.985. The van der Waals surface area contributed by atoms with Crippen LogP contribution in [0.15, 0.2) is 0 Å². The zero-order chi connectivity index (χ0) is 8.01. The Morgan fingerprint density at radius 2 is 1.91 bits per heavy atom. The molecular formula is C10H19N. The van der Waals surface area contributed by atoms with Crippen LogP contribution < -0.4 is 0 Å². The van der Waals surface area contributed by atoms with Gasteiger partial charge in [-0.2, -0.15) is 0 Å². The van der Waals surface area contributed by atoms with Gasteiger partial charge in [0.15, 0.2) is 0 Å². The Balaban J connectivity index is 1.87. The predicted octanol–water partition coefficient (Wildman–Crippen LogP) is 1.84. The lowest BCUT2D eigenvalue weighted by atomic mass is 10.00. The van der Waals surface area contributed by atoms with E-state index in [1.165, 1.54) is 19.5 Å². The molecule has 0 bridgehead atoms. The minimum absolute atomic E-state index is 0.985. The summed E-state index contributed by atoms with van der Waals surface area (Å²) in [6, 6.07) is 0. The molecule has 1 heterocycles. The zero-order valence-corrected chi connectivity index (χ0v) is 7.88. The summed E-state index contributed by atoms with van der Waals surface area (Å²) < 4.78 is 0. The van der Waals surface area contributed by atoms with Crippen LogP contribution in [-0.4, -0.2) is 25.0 Å². The van der Waals surface area contributed by atoms with Crippen LogP contribution in [0.25, 0.3) is 0 Å². The zero-order valence-electron chi connectivity index (χ0n) is 7.88. The lowest BCUT2D eigenvalue weighted by Crippen LogP contribution is -2.20. The van der Waals surface area contributed by atoms with Gasteiger partial charge in [0.25, 0.3) is 0 Å². The van der Waals surface area contributed by atoms with Crippen molar-refractivity contribution in [2.24, 2.45) is 23.7 Å². The molecule has 1 aliphatic carbocycles. The molecule has 11 heavy (non-hydrogen) atoms. The number of hydrogen-bond acceptors (Lipinski definition) is 1. The van der Waals surface area contributed by atoms with Crippen molar-refractivity contribution in [2.75, 3.05) is 20.1 Å². The van der Waals surface area contributed by atoms with Gasteiger partial charge in [0.05, 0.1) is 0 Å². The Labute approximate surface area is 69.8 Å². The topological polar surface area (TPSA) is 3.24 Å². The SMILES string of the molecule is CCC(C)C1[C@H]2CN(C)C[C@@H]12. The van der Waals surface area contributed by atoms with Crippen molar-refractivity contribution < 1.29 is 0 Å². The highest BCUT2D eigenvalue weighted by Crippen LogP contribution is 2.55. The Hall–Kier alpha value is -0.0400. The highest BCUT2D eigenvalue weighted by atomic mass is 15.2. The van der Waals surface area contributed by atoms with E-state index in [2.05, 4.69) is 25.8 Å². The number of piperidine rings is 1. The molecule has 0 aromatic heterocycles. The summed E-state index contributed by atoms with van der Waals surface area (Å²) in [6.07, 6.45) is 1.38.